The summed E-state index contributed by atoms with van der Waals surface area (Å²) >= 11 is 1.43. The van der Waals surface area contributed by atoms with Crippen LogP contribution >= 0.6 is 11.3 Å². The Bertz CT molecular complexity index is 1330. The number of hydrogen-bond donors (Lipinski definition) is 1. The van der Waals surface area contributed by atoms with E-state index in [0.717, 1.165) is 21.6 Å². The highest BCUT2D eigenvalue weighted by molar-refractivity contribution is 7.10. The van der Waals surface area contributed by atoms with Gasteiger partial charge in [-0.25, -0.2) is 0 Å². The van der Waals surface area contributed by atoms with Crippen LogP contribution in [0.5, 0.6) is 17.2 Å². The third-order valence-corrected chi connectivity index (χ3v) is 7.28. The zero-order chi connectivity index (χ0) is 25.4. The maximum Gasteiger partial charge on any atom is 0.300 e. The minimum absolute atomic E-state index is 0.0370. The van der Waals surface area contributed by atoms with E-state index in [-0.39, 0.29) is 11.3 Å². The lowest BCUT2D eigenvalue weighted by molar-refractivity contribution is -0.132. The number of Topliss-reactive ketones (excluding diaryl/α,β-unsaturated/α-hetero) is 1. The van der Waals surface area contributed by atoms with Crippen molar-refractivity contribution in [3.8, 4) is 17.2 Å². The van der Waals surface area contributed by atoms with Crippen molar-refractivity contribution in [3.05, 3.63) is 74.5 Å². The molecular weight excluding hydrogens is 466 g/mol. The number of aliphatic hydroxyl groups excluding tert-OH is 1. The number of hydrogen-bond acceptors (Lipinski definition) is 7. The standard InChI is InChI=1S/C27H27NO6S/c1-14-7-8-35-26(14)23-22(24(29)20-9-16(3)21(34-6)10-15(20)2)25(30)27(31)28(23)17-11-18(32-4)13-19(12-17)33-5/h7-13,23,29H,1-6H3/b24-22+. The highest BCUT2D eigenvalue weighted by Gasteiger charge is 2.48. The minimum Gasteiger partial charge on any atom is -0.507 e. The molecule has 1 unspecified atom stereocenters. The fraction of sp³-hybridized carbons (Fsp3) is 0.259. The quantitative estimate of drug-likeness (QED) is 0.284. The van der Waals surface area contributed by atoms with Gasteiger partial charge >= 0.3 is 0 Å². The Morgan fingerprint density at radius 3 is 2.09 bits per heavy atom. The molecule has 1 saturated heterocycles. The van der Waals surface area contributed by atoms with Crippen LogP contribution < -0.4 is 19.1 Å². The third-order valence-electron chi connectivity index (χ3n) is 6.21. The molecule has 182 valence electrons. The molecule has 8 heteroatoms. The number of thiophene rings is 1. The molecule has 1 amide bonds. The van der Waals surface area contributed by atoms with Crippen molar-refractivity contribution >= 4 is 34.5 Å². The number of ether oxygens (including phenoxy) is 3. The fourth-order valence-electron chi connectivity index (χ4n) is 4.35. The van der Waals surface area contributed by atoms with Gasteiger partial charge in [-0.3, -0.25) is 14.5 Å². The molecule has 2 aromatic carbocycles. The third kappa shape index (κ3) is 4.14. The molecule has 3 aromatic rings. The number of amides is 1. The monoisotopic (exact) mass is 493 g/mol. The summed E-state index contributed by atoms with van der Waals surface area (Å²) in [6, 6.07) is 9.72. The van der Waals surface area contributed by atoms with E-state index in [1.807, 2.05) is 32.2 Å². The number of aryl methyl sites for hydroxylation is 3. The number of nitrogens with zero attached hydrogens (tertiary/aromatic N) is 1. The number of rotatable bonds is 6. The highest BCUT2D eigenvalue weighted by atomic mass is 32.1. The lowest BCUT2D eigenvalue weighted by Gasteiger charge is -2.26. The summed E-state index contributed by atoms with van der Waals surface area (Å²) in [5, 5.41) is 13.4. The van der Waals surface area contributed by atoms with E-state index in [1.54, 1.807) is 37.4 Å². The molecule has 1 aliphatic heterocycles. The number of anilines is 1. The van der Waals surface area contributed by atoms with Crippen molar-refractivity contribution in [1.29, 1.82) is 0 Å². The number of ketones is 1. The summed E-state index contributed by atoms with van der Waals surface area (Å²) in [6.45, 7) is 5.60. The van der Waals surface area contributed by atoms with Gasteiger partial charge in [0.05, 0.1) is 32.6 Å². The van der Waals surface area contributed by atoms with E-state index >= 15 is 0 Å². The number of aliphatic hydroxyl groups is 1. The Morgan fingerprint density at radius 1 is 0.886 bits per heavy atom. The summed E-state index contributed by atoms with van der Waals surface area (Å²) in [5.41, 5.74) is 3.38. The Morgan fingerprint density at radius 2 is 1.54 bits per heavy atom. The van der Waals surface area contributed by atoms with Gasteiger partial charge in [0, 0.05) is 28.6 Å². The van der Waals surface area contributed by atoms with Crippen LogP contribution in [0.3, 0.4) is 0 Å². The van der Waals surface area contributed by atoms with Gasteiger partial charge in [-0.1, -0.05) is 0 Å². The Labute approximate surface area is 208 Å². The zero-order valence-electron chi connectivity index (χ0n) is 20.5. The van der Waals surface area contributed by atoms with Crippen LogP contribution in [-0.4, -0.2) is 38.1 Å². The first kappa shape index (κ1) is 24.3. The van der Waals surface area contributed by atoms with Crippen molar-refractivity contribution in [2.75, 3.05) is 26.2 Å². The predicted molar refractivity (Wildman–Crippen MR) is 136 cm³/mol. The first-order valence-electron chi connectivity index (χ1n) is 11.0. The van der Waals surface area contributed by atoms with Crippen LogP contribution in [0.2, 0.25) is 0 Å². The average Bonchev–Trinajstić information content (AvgIpc) is 3.39. The lowest BCUT2D eigenvalue weighted by atomic mass is 9.95. The van der Waals surface area contributed by atoms with Crippen LogP contribution in [0.15, 0.2) is 47.4 Å². The van der Waals surface area contributed by atoms with Crippen LogP contribution in [0.1, 0.15) is 33.2 Å². The maximum absolute atomic E-state index is 13.5. The Kier molecular flexibility index (Phi) is 6.58. The number of carbonyl (C=O) groups is 2. The van der Waals surface area contributed by atoms with Crippen molar-refractivity contribution in [3.63, 3.8) is 0 Å². The average molecular weight is 494 g/mol. The summed E-state index contributed by atoms with van der Waals surface area (Å²) < 4.78 is 16.2. The molecule has 0 spiro atoms. The van der Waals surface area contributed by atoms with E-state index in [9.17, 15) is 14.7 Å². The lowest BCUT2D eigenvalue weighted by Crippen LogP contribution is -2.29. The molecular formula is C27H27NO6S. The minimum atomic E-state index is -0.811. The van der Waals surface area contributed by atoms with E-state index in [0.29, 0.717) is 28.5 Å². The summed E-state index contributed by atoms with van der Waals surface area (Å²) in [7, 11) is 4.61. The fourth-order valence-corrected chi connectivity index (χ4v) is 5.38. The molecule has 1 fully saturated rings. The zero-order valence-corrected chi connectivity index (χ0v) is 21.3. The molecule has 2 heterocycles. The molecule has 1 N–H and O–H groups in total. The molecule has 0 aliphatic carbocycles. The van der Waals surface area contributed by atoms with Crippen molar-refractivity contribution < 1.29 is 28.9 Å². The predicted octanol–water partition coefficient (Wildman–Crippen LogP) is 5.33. The second kappa shape index (κ2) is 9.46. The molecule has 1 atom stereocenters. The van der Waals surface area contributed by atoms with E-state index in [2.05, 4.69) is 0 Å². The molecule has 0 radical (unpaired) electrons. The second-order valence-electron chi connectivity index (χ2n) is 8.34. The normalized spacial score (nSPS) is 17.1. The van der Waals surface area contributed by atoms with Gasteiger partial charge in [0.15, 0.2) is 0 Å². The first-order chi connectivity index (χ1) is 16.7. The molecule has 0 bridgehead atoms. The SMILES string of the molecule is COc1cc(OC)cc(N2C(=O)C(=O)/C(=C(/O)c3cc(C)c(OC)cc3C)C2c2sccc2C)c1. The van der Waals surface area contributed by atoms with E-state index in [4.69, 9.17) is 14.2 Å². The van der Waals surface area contributed by atoms with Gasteiger partial charge < -0.3 is 19.3 Å². The van der Waals surface area contributed by atoms with Crippen molar-refractivity contribution in [1.82, 2.24) is 0 Å². The number of benzene rings is 2. The van der Waals surface area contributed by atoms with Gasteiger partial charge in [0.1, 0.15) is 29.0 Å². The summed E-state index contributed by atoms with van der Waals surface area (Å²) in [6.07, 6.45) is 0. The molecule has 1 aliphatic rings. The van der Waals surface area contributed by atoms with E-state index in [1.165, 1.54) is 30.5 Å². The highest BCUT2D eigenvalue weighted by Crippen LogP contribution is 2.46. The maximum atomic E-state index is 13.5. The molecule has 0 saturated carbocycles. The molecule has 7 nitrogen and oxygen atoms in total. The van der Waals surface area contributed by atoms with Crippen LogP contribution in [0.25, 0.3) is 5.76 Å². The summed E-state index contributed by atoms with van der Waals surface area (Å²) in [4.78, 5) is 29.1. The van der Waals surface area contributed by atoms with Gasteiger partial charge in [-0.15, -0.1) is 11.3 Å². The van der Waals surface area contributed by atoms with Crippen molar-refractivity contribution in [2.24, 2.45) is 0 Å². The Balaban J connectivity index is 1.99. The molecule has 35 heavy (non-hydrogen) atoms. The van der Waals surface area contributed by atoms with Gasteiger partial charge in [0.25, 0.3) is 11.7 Å². The molecule has 4 rings (SSSR count). The van der Waals surface area contributed by atoms with Gasteiger partial charge in [-0.2, -0.15) is 0 Å². The molecule has 1 aromatic heterocycles. The smallest absolute Gasteiger partial charge is 0.300 e. The Hall–Kier alpha value is -3.78. The summed E-state index contributed by atoms with van der Waals surface area (Å²) in [5.74, 6) is -0.0815. The second-order valence-corrected chi connectivity index (χ2v) is 9.29. The van der Waals surface area contributed by atoms with E-state index < -0.39 is 17.7 Å². The van der Waals surface area contributed by atoms with Crippen LogP contribution in [-0.2, 0) is 9.59 Å². The number of methoxy groups -OCH3 is 3. The first-order valence-corrected chi connectivity index (χ1v) is 11.8. The van der Waals surface area contributed by atoms with Crippen molar-refractivity contribution in [2.45, 2.75) is 26.8 Å². The van der Waals surface area contributed by atoms with Crippen LogP contribution in [0.4, 0.5) is 5.69 Å². The topological polar surface area (TPSA) is 85.3 Å². The van der Waals surface area contributed by atoms with Crippen LogP contribution in [0, 0.1) is 20.8 Å². The largest absolute Gasteiger partial charge is 0.507 e. The van der Waals surface area contributed by atoms with Gasteiger partial charge in [0.2, 0.25) is 0 Å². The van der Waals surface area contributed by atoms with Gasteiger partial charge in [-0.05, 0) is 61.0 Å². The number of carbonyl (C=O) groups excluding carboxylic acids is 2.